The van der Waals surface area contributed by atoms with E-state index < -0.39 is 11.9 Å². The number of thiophene rings is 1. The molecule has 2 aromatic heterocycles. The third kappa shape index (κ3) is 3.63. The van der Waals surface area contributed by atoms with E-state index in [4.69, 9.17) is 0 Å². The number of aliphatic carboxylic acids is 1. The number of rotatable bonds is 3. The van der Waals surface area contributed by atoms with Gasteiger partial charge in [0.15, 0.2) is 0 Å². The molecule has 0 spiro atoms. The minimum absolute atomic E-state index is 0.0909. The van der Waals surface area contributed by atoms with Crippen molar-refractivity contribution in [1.29, 1.82) is 0 Å². The normalized spacial score (nSPS) is 26.3. The van der Waals surface area contributed by atoms with Gasteiger partial charge in [0.05, 0.1) is 17.2 Å². The van der Waals surface area contributed by atoms with E-state index in [-0.39, 0.29) is 17.7 Å². The number of nitrogens with zero attached hydrogens (tertiary/aromatic N) is 4. The minimum atomic E-state index is -0.801. The van der Waals surface area contributed by atoms with Gasteiger partial charge in [0.2, 0.25) is 5.91 Å². The van der Waals surface area contributed by atoms with Gasteiger partial charge in [-0.3, -0.25) is 9.59 Å². The van der Waals surface area contributed by atoms with Crippen LogP contribution in [0.15, 0.2) is 17.8 Å². The molecule has 2 aliphatic rings. The maximum Gasteiger partial charge on any atom is 0.308 e. The molecule has 2 saturated heterocycles. The molecule has 3 atom stereocenters. The standard InChI is InChI=1S/C19H24N4O3S/c1-12-7-14(19(25)26)10-23(8-12)18(24)13-3-2-5-22(9-13)16-15-4-6-27-17(15)21-11-20-16/h4,6,11-14H,2-3,5,7-10H2,1H3,(H,25,26). The van der Waals surface area contributed by atoms with Crippen LogP contribution in [0.4, 0.5) is 5.82 Å². The largest absolute Gasteiger partial charge is 0.481 e. The van der Waals surface area contributed by atoms with Gasteiger partial charge in [-0.1, -0.05) is 6.92 Å². The van der Waals surface area contributed by atoms with Crippen LogP contribution in [0.5, 0.6) is 0 Å². The van der Waals surface area contributed by atoms with E-state index in [0.717, 1.165) is 35.4 Å². The highest BCUT2D eigenvalue weighted by Gasteiger charge is 2.36. The Labute approximate surface area is 162 Å². The Bertz CT molecular complexity index is 854. The predicted octanol–water partition coefficient (Wildman–Crippen LogP) is 2.48. The molecular formula is C19H24N4O3S. The van der Waals surface area contributed by atoms with Crippen LogP contribution in [0.2, 0.25) is 0 Å². The first-order valence-corrected chi connectivity index (χ1v) is 10.4. The number of likely N-dealkylation sites (tertiary alicyclic amines) is 1. The Morgan fingerprint density at radius 2 is 2.07 bits per heavy atom. The number of anilines is 1. The van der Waals surface area contributed by atoms with E-state index in [0.29, 0.717) is 26.1 Å². The van der Waals surface area contributed by atoms with Crippen LogP contribution >= 0.6 is 11.3 Å². The molecule has 0 bridgehead atoms. The highest BCUT2D eigenvalue weighted by molar-refractivity contribution is 7.16. The molecule has 2 fully saturated rings. The van der Waals surface area contributed by atoms with Crippen molar-refractivity contribution in [3.8, 4) is 0 Å². The summed E-state index contributed by atoms with van der Waals surface area (Å²) in [5, 5.41) is 12.4. The quantitative estimate of drug-likeness (QED) is 0.869. The Hall–Kier alpha value is -2.22. The summed E-state index contributed by atoms with van der Waals surface area (Å²) in [6.07, 6.45) is 4.00. The number of carboxylic acid groups (broad SMARTS) is 1. The zero-order valence-electron chi connectivity index (χ0n) is 15.4. The molecule has 0 radical (unpaired) electrons. The van der Waals surface area contributed by atoms with Crippen molar-refractivity contribution < 1.29 is 14.7 Å². The van der Waals surface area contributed by atoms with Crippen LogP contribution in [-0.4, -0.2) is 58.0 Å². The molecule has 4 rings (SSSR count). The number of aromatic nitrogens is 2. The molecule has 2 aliphatic heterocycles. The summed E-state index contributed by atoms with van der Waals surface area (Å²) in [5.41, 5.74) is 0. The smallest absolute Gasteiger partial charge is 0.308 e. The maximum atomic E-state index is 13.1. The van der Waals surface area contributed by atoms with E-state index in [1.807, 2.05) is 18.4 Å². The van der Waals surface area contributed by atoms with Crippen LogP contribution in [0.1, 0.15) is 26.2 Å². The molecule has 0 aliphatic carbocycles. The van der Waals surface area contributed by atoms with Crippen molar-refractivity contribution in [2.75, 3.05) is 31.1 Å². The lowest BCUT2D eigenvalue weighted by Gasteiger charge is -2.39. The van der Waals surface area contributed by atoms with E-state index in [1.165, 1.54) is 0 Å². The summed E-state index contributed by atoms with van der Waals surface area (Å²) >= 11 is 1.59. The van der Waals surface area contributed by atoms with E-state index in [9.17, 15) is 14.7 Å². The highest BCUT2D eigenvalue weighted by Crippen LogP contribution is 2.31. The molecule has 2 aromatic rings. The first-order valence-electron chi connectivity index (χ1n) is 9.47. The number of piperidine rings is 2. The van der Waals surface area contributed by atoms with Crippen molar-refractivity contribution in [2.45, 2.75) is 26.2 Å². The second-order valence-electron chi connectivity index (χ2n) is 7.74. The molecule has 0 aromatic carbocycles. The summed E-state index contributed by atoms with van der Waals surface area (Å²) in [4.78, 5) is 38.3. The predicted molar refractivity (Wildman–Crippen MR) is 104 cm³/mol. The topological polar surface area (TPSA) is 86.6 Å². The van der Waals surface area contributed by atoms with Crippen molar-refractivity contribution >= 4 is 39.2 Å². The average molecular weight is 388 g/mol. The SMILES string of the molecule is CC1CC(C(=O)O)CN(C(=O)C2CCCN(c3ncnc4sccc34)C2)C1. The Kier molecular flexibility index (Phi) is 4.99. The number of fused-ring (bicyclic) bond motifs is 1. The monoisotopic (exact) mass is 388 g/mol. The second kappa shape index (κ2) is 7.42. The number of amides is 1. The maximum absolute atomic E-state index is 13.1. The number of hydrogen-bond donors (Lipinski definition) is 1. The average Bonchev–Trinajstić information content (AvgIpc) is 3.15. The van der Waals surface area contributed by atoms with Gasteiger partial charge in [-0.15, -0.1) is 11.3 Å². The Morgan fingerprint density at radius 1 is 1.22 bits per heavy atom. The fraction of sp³-hybridized carbons (Fsp3) is 0.579. The van der Waals surface area contributed by atoms with Gasteiger partial charge in [0, 0.05) is 26.2 Å². The third-order valence-corrected chi connectivity index (χ3v) is 6.45. The minimum Gasteiger partial charge on any atom is -0.481 e. The van der Waals surface area contributed by atoms with E-state index in [2.05, 4.69) is 14.9 Å². The van der Waals surface area contributed by atoms with Crippen molar-refractivity contribution in [3.63, 3.8) is 0 Å². The fourth-order valence-electron chi connectivity index (χ4n) is 4.37. The van der Waals surface area contributed by atoms with Gasteiger partial charge in [-0.2, -0.15) is 0 Å². The molecule has 7 nitrogen and oxygen atoms in total. The third-order valence-electron chi connectivity index (χ3n) is 5.63. The first-order chi connectivity index (χ1) is 13.0. The van der Waals surface area contributed by atoms with Crippen molar-refractivity contribution in [2.24, 2.45) is 17.8 Å². The zero-order chi connectivity index (χ0) is 19.0. The van der Waals surface area contributed by atoms with Gasteiger partial charge in [0.1, 0.15) is 17.0 Å². The second-order valence-corrected chi connectivity index (χ2v) is 8.64. The van der Waals surface area contributed by atoms with Gasteiger partial charge < -0.3 is 14.9 Å². The van der Waals surface area contributed by atoms with Gasteiger partial charge in [-0.25, -0.2) is 9.97 Å². The van der Waals surface area contributed by atoms with Crippen LogP contribution in [0.25, 0.3) is 10.2 Å². The number of hydrogen-bond acceptors (Lipinski definition) is 6. The van der Waals surface area contributed by atoms with Gasteiger partial charge in [-0.05, 0) is 36.6 Å². The zero-order valence-corrected chi connectivity index (χ0v) is 16.2. The van der Waals surface area contributed by atoms with Crippen LogP contribution in [-0.2, 0) is 9.59 Å². The summed E-state index contributed by atoms with van der Waals surface area (Å²) < 4.78 is 0. The summed E-state index contributed by atoms with van der Waals surface area (Å²) in [7, 11) is 0. The lowest BCUT2D eigenvalue weighted by molar-refractivity contribution is -0.148. The van der Waals surface area contributed by atoms with Crippen LogP contribution < -0.4 is 4.90 Å². The van der Waals surface area contributed by atoms with Crippen LogP contribution in [0.3, 0.4) is 0 Å². The van der Waals surface area contributed by atoms with Crippen molar-refractivity contribution in [1.82, 2.24) is 14.9 Å². The van der Waals surface area contributed by atoms with Crippen molar-refractivity contribution in [3.05, 3.63) is 17.8 Å². The Morgan fingerprint density at radius 3 is 2.89 bits per heavy atom. The number of carboxylic acids is 1. The lowest BCUT2D eigenvalue weighted by atomic mass is 9.88. The summed E-state index contributed by atoms with van der Waals surface area (Å²) in [5.74, 6) is -0.157. The molecular weight excluding hydrogens is 364 g/mol. The highest BCUT2D eigenvalue weighted by atomic mass is 32.1. The lowest BCUT2D eigenvalue weighted by Crippen LogP contribution is -2.50. The summed E-state index contributed by atoms with van der Waals surface area (Å²) in [6.45, 7) is 4.51. The molecule has 144 valence electrons. The molecule has 3 unspecified atom stereocenters. The van der Waals surface area contributed by atoms with Gasteiger partial charge in [0.25, 0.3) is 0 Å². The van der Waals surface area contributed by atoms with E-state index >= 15 is 0 Å². The fourth-order valence-corrected chi connectivity index (χ4v) is 5.10. The molecule has 4 heterocycles. The molecule has 0 saturated carbocycles. The number of carbonyl (C=O) groups excluding carboxylic acids is 1. The molecule has 8 heteroatoms. The molecule has 1 N–H and O–H groups in total. The molecule has 1 amide bonds. The Balaban J connectivity index is 1.50. The van der Waals surface area contributed by atoms with E-state index in [1.54, 1.807) is 22.6 Å². The van der Waals surface area contributed by atoms with Gasteiger partial charge >= 0.3 is 5.97 Å². The number of carbonyl (C=O) groups is 2. The first kappa shape index (κ1) is 18.2. The molecule has 27 heavy (non-hydrogen) atoms. The van der Waals surface area contributed by atoms with Crippen LogP contribution in [0, 0.1) is 17.8 Å². The summed E-state index contributed by atoms with van der Waals surface area (Å²) in [6, 6.07) is 2.03.